The Morgan fingerprint density at radius 3 is 3.10 bits per heavy atom. The summed E-state index contributed by atoms with van der Waals surface area (Å²) >= 11 is 3.42. The molecule has 2 aromatic rings. The van der Waals surface area contributed by atoms with E-state index in [-0.39, 0.29) is 11.9 Å². The standard InChI is InChI=1S/C14H14BrN3O2/c1-18-11(6-3-7-12(18)19)14-16-13(17-20-14)9-4-2-5-10(15)8-9/h2,4-5,8,11H,3,6-7H2,1H3. The van der Waals surface area contributed by atoms with E-state index < -0.39 is 0 Å². The molecule has 0 aliphatic carbocycles. The number of halogens is 1. The molecular formula is C14H14BrN3O2. The Kier molecular flexibility index (Phi) is 3.56. The quantitative estimate of drug-likeness (QED) is 0.845. The molecule has 1 atom stereocenters. The van der Waals surface area contributed by atoms with Gasteiger partial charge in [0, 0.05) is 23.5 Å². The van der Waals surface area contributed by atoms with Gasteiger partial charge >= 0.3 is 0 Å². The molecule has 1 saturated heterocycles. The number of amides is 1. The number of carbonyl (C=O) groups excluding carboxylic acids is 1. The minimum absolute atomic E-state index is 0.107. The number of piperidine rings is 1. The van der Waals surface area contributed by atoms with Crippen molar-refractivity contribution < 1.29 is 9.32 Å². The minimum atomic E-state index is -0.107. The lowest BCUT2D eigenvalue weighted by Crippen LogP contribution is -2.34. The summed E-state index contributed by atoms with van der Waals surface area (Å²) in [6.07, 6.45) is 2.32. The highest BCUT2D eigenvalue weighted by molar-refractivity contribution is 9.10. The lowest BCUT2D eigenvalue weighted by atomic mass is 10.0. The maximum absolute atomic E-state index is 11.7. The molecule has 5 nitrogen and oxygen atoms in total. The first-order chi connectivity index (χ1) is 9.65. The van der Waals surface area contributed by atoms with Crippen LogP contribution in [-0.4, -0.2) is 28.0 Å². The van der Waals surface area contributed by atoms with Gasteiger partial charge in [-0.2, -0.15) is 4.98 Å². The summed E-state index contributed by atoms with van der Waals surface area (Å²) in [5.74, 6) is 1.19. The zero-order valence-corrected chi connectivity index (χ0v) is 12.6. The molecule has 1 aromatic heterocycles. The van der Waals surface area contributed by atoms with E-state index >= 15 is 0 Å². The molecule has 20 heavy (non-hydrogen) atoms. The van der Waals surface area contributed by atoms with Crippen molar-refractivity contribution >= 4 is 21.8 Å². The molecule has 1 aliphatic rings. The molecule has 2 heterocycles. The maximum atomic E-state index is 11.7. The molecule has 0 bridgehead atoms. The van der Waals surface area contributed by atoms with Crippen LogP contribution in [0.2, 0.25) is 0 Å². The molecular weight excluding hydrogens is 322 g/mol. The van der Waals surface area contributed by atoms with Gasteiger partial charge in [-0.15, -0.1) is 0 Å². The van der Waals surface area contributed by atoms with Gasteiger partial charge in [0.2, 0.25) is 17.6 Å². The zero-order chi connectivity index (χ0) is 14.1. The van der Waals surface area contributed by atoms with Gasteiger partial charge in [-0.25, -0.2) is 0 Å². The highest BCUT2D eigenvalue weighted by Gasteiger charge is 2.30. The number of likely N-dealkylation sites (tertiary alicyclic amines) is 1. The van der Waals surface area contributed by atoms with Gasteiger partial charge in [0.05, 0.1) is 0 Å². The van der Waals surface area contributed by atoms with Crippen molar-refractivity contribution in [2.45, 2.75) is 25.3 Å². The SMILES string of the molecule is CN1C(=O)CCCC1c1nc(-c2cccc(Br)c2)no1. The summed E-state index contributed by atoms with van der Waals surface area (Å²) in [6, 6.07) is 7.62. The maximum Gasteiger partial charge on any atom is 0.249 e. The molecule has 1 unspecified atom stereocenters. The number of rotatable bonds is 2. The molecule has 6 heteroatoms. The van der Waals surface area contributed by atoms with Crippen LogP contribution in [0.5, 0.6) is 0 Å². The number of hydrogen-bond donors (Lipinski definition) is 0. The van der Waals surface area contributed by atoms with Crippen LogP contribution in [0.3, 0.4) is 0 Å². The Morgan fingerprint density at radius 1 is 1.45 bits per heavy atom. The third-order valence-corrected chi connectivity index (χ3v) is 4.03. The molecule has 0 saturated carbocycles. The normalized spacial score (nSPS) is 19.4. The van der Waals surface area contributed by atoms with Crippen LogP contribution in [0.4, 0.5) is 0 Å². The smallest absolute Gasteiger partial charge is 0.249 e. The number of nitrogens with zero attached hydrogens (tertiary/aromatic N) is 3. The second-order valence-corrected chi connectivity index (χ2v) is 5.79. The van der Waals surface area contributed by atoms with Crippen molar-refractivity contribution in [2.75, 3.05) is 7.05 Å². The van der Waals surface area contributed by atoms with E-state index in [1.807, 2.05) is 24.3 Å². The van der Waals surface area contributed by atoms with Crippen molar-refractivity contribution in [1.82, 2.24) is 15.0 Å². The Balaban J connectivity index is 1.88. The van der Waals surface area contributed by atoms with Crippen LogP contribution in [0.15, 0.2) is 33.3 Å². The summed E-state index contributed by atoms with van der Waals surface area (Å²) in [5, 5.41) is 4.02. The number of carbonyl (C=O) groups is 1. The molecule has 0 radical (unpaired) electrons. The van der Waals surface area contributed by atoms with Crippen molar-refractivity contribution in [3.05, 3.63) is 34.6 Å². The first-order valence-electron chi connectivity index (χ1n) is 6.50. The molecule has 104 valence electrons. The van der Waals surface area contributed by atoms with Crippen LogP contribution in [-0.2, 0) is 4.79 Å². The Labute approximate surface area is 125 Å². The van der Waals surface area contributed by atoms with Gasteiger partial charge in [-0.1, -0.05) is 33.2 Å². The largest absolute Gasteiger partial charge is 0.337 e. The third-order valence-electron chi connectivity index (χ3n) is 3.54. The molecule has 1 amide bonds. The van der Waals surface area contributed by atoms with E-state index in [2.05, 4.69) is 26.1 Å². The fourth-order valence-electron chi connectivity index (χ4n) is 2.39. The summed E-state index contributed by atoms with van der Waals surface area (Å²) in [7, 11) is 1.79. The Bertz CT molecular complexity index is 641. The van der Waals surface area contributed by atoms with Gasteiger partial charge < -0.3 is 9.42 Å². The van der Waals surface area contributed by atoms with Crippen LogP contribution in [0, 0.1) is 0 Å². The van der Waals surface area contributed by atoms with Crippen LogP contribution >= 0.6 is 15.9 Å². The highest BCUT2D eigenvalue weighted by Crippen LogP contribution is 2.30. The summed E-state index contributed by atoms with van der Waals surface area (Å²) in [4.78, 5) is 17.9. The monoisotopic (exact) mass is 335 g/mol. The molecule has 0 N–H and O–H groups in total. The van der Waals surface area contributed by atoms with Crippen molar-refractivity contribution in [1.29, 1.82) is 0 Å². The van der Waals surface area contributed by atoms with E-state index in [4.69, 9.17) is 4.52 Å². The molecule has 1 aromatic carbocycles. The van der Waals surface area contributed by atoms with E-state index in [9.17, 15) is 4.79 Å². The van der Waals surface area contributed by atoms with Crippen LogP contribution in [0.25, 0.3) is 11.4 Å². The van der Waals surface area contributed by atoms with Gasteiger partial charge in [0.25, 0.3) is 0 Å². The minimum Gasteiger partial charge on any atom is -0.337 e. The number of benzene rings is 1. The first kappa shape index (κ1) is 13.3. The lowest BCUT2D eigenvalue weighted by molar-refractivity contribution is -0.135. The summed E-state index contributed by atoms with van der Waals surface area (Å²) in [5.41, 5.74) is 0.888. The summed E-state index contributed by atoms with van der Waals surface area (Å²) < 4.78 is 6.31. The van der Waals surface area contributed by atoms with E-state index in [0.29, 0.717) is 18.1 Å². The van der Waals surface area contributed by atoms with Gasteiger partial charge in [0.1, 0.15) is 6.04 Å². The van der Waals surface area contributed by atoms with Gasteiger partial charge in [-0.05, 0) is 25.0 Å². The van der Waals surface area contributed by atoms with Gasteiger partial charge in [0.15, 0.2) is 0 Å². The van der Waals surface area contributed by atoms with Crippen molar-refractivity contribution in [3.8, 4) is 11.4 Å². The lowest BCUT2D eigenvalue weighted by Gasteiger charge is -2.29. The Morgan fingerprint density at radius 2 is 2.30 bits per heavy atom. The topological polar surface area (TPSA) is 59.2 Å². The van der Waals surface area contributed by atoms with E-state index in [0.717, 1.165) is 22.9 Å². The fraction of sp³-hybridized carbons (Fsp3) is 0.357. The van der Waals surface area contributed by atoms with Crippen molar-refractivity contribution in [3.63, 3.8) is 0 Å². The predicted octanol–water partition coefficient (Wildman–Crippen LogP) is 3.18. The fourth-order valence-corrected chi connectivity index (χ4v) is 2.79. The Hall–Kier alpha value is -1.69. The van der Waals surface area contributed by atoms with Gasteiger partial charge in [-0.3, -0.25) is 4.79 Å². The molecule has 3 rings (SSSR count). The average Bonchev–Trinajstić information content (AvgIpc) is 2.91. The molecule has 0 spiro atoms. The first-order valence-corrected chi connectivity index (χ1v) is 7.29. The summed E-state index contributed by atoms with van der Waals surface area (Å²) in [6.45, 7) is 0. The third kappa shape index (κ3) is 2.47. The highest BCUT2D eigenvalue weighted by atomic mass is 79.9. The van der Waals surface area contributed by atoms with Crippen LogP contribution < -0.4 is 0 Å². The second kappa shape index (κ2) is 5.36. The van der Waals surface area contributed by atoms with Crippen molar-refractivity contribution in [2.24, 2.45) is 0 Å². The second-order valence-electron chi connectivity index (χ2n) is 4.88. The average molecular weight is 336 g/mol. The predicted molar refractivity (Wildman–Crippen MR) is 76.8 cm³/mol. The molecule has 1 aliphatic heterocycles. The van der Waals surface area contributed by atoms with E-state index in [1.165, 1.54) is 0 Å². The number of hydrogen-bond acceptors (Lipinski definition) is 4. The van der Waals surface area contributed by atoms with Crippen LogP contribution in [0.1, 0.15) is 31.2 Å². The zero-order valence-electron chi connectivity index (χ0n) is 11.0. The molecule has 1 fully saturated rings. The van der Waals surface area contributed by atoms with E-state index in [1.54, 1.807) is 11.9 Å². The number of aromatic nitrogens is 2.